The zero-order valence-corrected chi connectivity index (χ0v) is 14.3. The van der Waals surface area contributed by atoms with Crippen molar-refractivity contribution in [1.29, 1.82) is 5.26 Å². The van der Waals surface area contributed by atoms with E-state index in [2.05, 4.69) is 31.8 Å². The fourth-order valence-electron chi connectivity index (χ4n) is 2.77. The summed E-state index contributed by atoms with van der Waals surface area (Å²) in [5.74, 6) is -0.152. The number of anilines is 3. The Morgan fingerprint density at radius 2 is 2.12 bits per heavy atom. The highest BCUT2D eigenvalue weighted by Crippen LogP contribution is 2.38. The second-order valence-electron chi connectivity index (χ2n) is 6.17. The molecule has 1 aliphatic rings. The highest BCUT2D eigenvalue weighted by atomic mass is 19.4. The van der Waals surface area contributed by atoms with Crippen molar-refractivity contribution in [3.8, 4) is 6.07 Å². The van der Waals surface area contributed by atoms with E-state index in [9.17, 15) is 13.2 Å². The predicted octanol–water partition coefficient (Wildman–Crippen LogP) is 3.65. The molecule has 0 bridgehead atoms. The van der Waals surface area contributed by atoms with E-state index in [0.717, 1.165) is 19.0 Å². The van der Waals surface area contributed by atoms with Crippen molar-refractivity contribution in [3.05, 3.63) is 23.7 Å². The molecule has 10 heteroatoms. The van der Waals surface area contributed by atoms with Crippen LogP contribution in [0, 0.1) is 24.2 Å². The summed E-state index contributed by atoms with van der Waals surface area (Å²) in [6.45, 7) is 3.78. The molecular formula is C16H18F3N7. The Balaban J connectivity index is 1.80. The largest absolute Gasteiger partial charge is 0.421 e. The molecule has 0 unspecified atom stereocenters. The first-order chi connectivity index (χ1) is 12.3. The van der Waals surface area contributed by atoms with Gasteiger partial charge < -0.3 is 10.6 Å². The summed E-state index contributed by atoms with van der Waals surface area (Å²) in [4.78, 5) is 7.72. The van der Waals surface area contributed by atoms with Gasteiger partial charge in [-0.15, -0.1) is 0 Å². The van der Waals surface area contributed by atoms with Crippen LogP contribution in [0.4, 0.5) is 30.6 Å². The molecule has 138 valence electrons. The van der Waals surface area contributed by atoms with Gasteiger partial charge in [-0.3, -0.25) is 4.68 Å². The Bertz CT molecular complexity index is 831. The van der Waals surface area contributed by atoms with Crippen LogP contribution in [0.2, 0.25) is 0 Å². The van der Waals surface area contributed by atoms with Crippen LogP contribution in [0.15, 0.2) is 12.4 Å². The molecule has 0 aromatic carbocycles. The number of hydrogen-bond acceptors (Lipinski definition) is 6. The van der Waals surface area contributed by atoms with E-state index in [-0.39, 0.29) is 23.7 Å². The number of alkyl halides is 3. The van der Waals surface area contributed by atoms with Crippen LogP contribution in [0.1, 0.15) is 37.1 Å². The van der Waals surface area contributed by atoms with Gasteiger partial charge in [0.05, 0.1) is 29.4 Å². The van der Waals surface area contributed by atoms with Gasteiger partial charge in [0.15, 0.2) is 0 Å². The number of nitrogens with zero attached hydrogens (tertiary/aromatic N) is 5. The summed E-state index contributed by atoms with van der Waals surface area (Å²) in [5.41, 5.74) is 0.390. The molecule has 26 heavy (non-hydrogen) atoms. The third-order valence-electron chi connectivity index (χ3n) is 4.27. The topological polar surface area (TPSA) is 91.5 Å². The van der Waals surface area contributed by atoms with Gasteiger partial charge in [-0.05, 0) is 26.7 Å². The Labute approximate surface area is 148 Å². The smallest absolute Gasteiger partial charge is 0.370 e. The molecule has 0 aliphatic heterocycles. The molecule has 2 heterocycles. The summed E-state index contributed by atoms with van der Waals surface area (Å²) in [7, 11) is 0. The van der Waals surface area contributed by atoms with Gasteiger partial charge >= 0.3 is 6.18 Å². The minimum atomic E-state index is -4.53. The SMILES string of the molecule is CCNc1nc(Nc2cn(C3CC(C#N)C3)nc2C)ncc1C(F)(F)F. The summed E-state index contributed by atoms with van der Waals surface area (Å²) in [6.07, 6.45) is -0.507. The van der Waals surface area contributed by atoms with Crippen LogP contribution in [0.25, 0.3) is 0 Å². The number of nitrogens with one attached hydrogen (secondary N) is 2. The molecule has 3 rings (SSSR count). The Morgan fingerprint density at radius 3 is 2.73 bits per heavy atom. The lowest BCUT2D eigenvalue weighted by Crippen LogP contribution is -2.26. The maximum absolute atomic E-state index is 13.0. The maximum atomic E-state index is 13.0. The first kappa shape index (κ1) is 18.0. The van der Waals surface area contributed by atoms with E-state index in [4.69, 9.17) is 5.26 Å². The van der Waals surface area contributed by atoms with Crippen LogP contribution >= 0.6 is 0 Å². The molecule has 0 saturated heterocycles. The van der Waals surface area contributed by atoms with Gasteiger partial charge in [0.1, 0.15) is 11.4 Å². The van der Waals surface area contributed by atoms with Crippen LogP contribution in [0.3, 0.4) is 0 Å². The van der Waals surface area contributed by atoms with E-state index in [0.29, 0.717) is 17.9 Å². The molecule has 0 amide bonds. The Hall–Kier alpha value is -2.83. The van der Waals surface area contributed by atoms with Crippen LogP contribution in [0.5, 0.6) is 0 Å². The standard InChI is InChI=1S/C16H18F3N7/c1-3-21-14-12(16(17,18)19)7-22-15(24-14)23-13-8-26(25-9(13)2)11-4-10(5-11)6-20/h7-8,10-11H,3-5H2,1-2H3,(H2,21,22,23,24). The second-order valence-corrected chi connectivity index (χ2v) is 6.17. The van der Waals surface area contributed by atoms with Crippen molar-refractivity contribution in [3.63, 3.8) is 0 Å². The zero-order chi connectivity index (χ0) is 18.9. The van der Waals surface area contributed by atoms with Crippen LogP contribution < -0.4 is 10.6 Å². The van der Waals surface area contributed by atoms with E-state index >= 15 is 0 Å². The van der Waals surface area contributed by atoms with Gasteiger partial charge in [-0.25, -0.2) is 4.98 Å². The van der Waals surface area contributed by atoms with Gasteiger partial charge in [0.2, 0.25) is 5.95 Å². The Kier molecular flexibility index (Phi) is 4.71. The minimum absolute atomic E-state index is 0.0557. The van der Waals surface area contributed by atoms with Gasteiger partial charge in [0, 0.05) is 18.9 Å². The average molecular weight is 365 g/mol. The number of hydrogen-bond donors (Lipinski definition) is 2. The molecule has 0 radical (unpaired) electrons. The quantitative estimate of drug-likeness (QED) is 0.840. The van der Waals surface area contributed by atoms with Crippen molar-refractivity contribution < 1.29 is 13.2 Å². The zero-order valence-electron chi connectivity index (χ0n) is 14.3. The van der Waals surface area contributed by atoms with E-state index in [1.807, 2.05) is 0 Å². The monoisotopic (exact) mass is 365 g/mol. The van der Waals surface area contributed by atoms with Gasteiger partial charge in [-0.2, -0.15) is 28.5 Å². The third kappa shape index (κ3) is 3.56. The van der Waals surface area contributed by atoms with E-state index in [1.165, 1.54) is 0 Å². The second kappa shape index (κ2) is 6.82. The molecule has 7 nitrogen and oxygen atoms in total. The first-order valence-electron chi connectivity index (χ1n) is 8.22. The third-order valence-corrected chi connectivity index (χ3v) is 4.27. The Morgan fingerprint density at radius 1 is 1.38 bits per heavy atom. The van der Waals surface area contributed by atoms with E-state index < -0.39 is 11.7 Å². The highest BCUT2D eigenvalue weighted by molar-refractivity contribution is 5.58. The van der Waals surface area contributed by atoms with Crippen molar-refractivity contribution in [2.75, 3.05) is 17.2 Å². The molecular weight excluding hydrogens is 347 g/mol. The van der Waals surface area contributed by atoms with Crippen LogP contribution in [-0.4, -0.2) is 26.3 Å². The summed E-state index contributed by atoms with van der Waals surface area (Å²) < 4.78 is 40.8. The minimum Gasteiger partial charge on any atom is -0.370 e. The molecule has 0 atom stereocenters. The summed E-state index contributed by atoms with van der Waals surface area (Å²) in [5, 5.41) is 18.8. The normalized spacial score (nSPS) is 19.5. The molecule has 1 fully saturated rings. The number of rotatable bonds is 5. The number of aromatic nitrogens is 4. The van der Waals surface area contributed by atoms with Crippen molar-refractivity contribution >= 4 is 17.5 Å². The molecule has 1 saturated carbocycles. The predicted molar refractivity (Wildman–Crippen MR) is 88.8 cm³/mol. The van der Waals surface area contributed by atoms with Crippen LogP contribution in [-0.2, 0) is 6.18 Å². The number of aryl methyl sites for hydroxylation is 1. The van der Waals surface area contributed by atoms with E-state index in [1.54, 1.807) is 24.7 Å². The first-order valence-corrected chi connectivity index (χ1v) is 8.22. The molecule has 2 aromatic heterocycles. The van der Waals surface area contributed by atoms with Crippen molar-refractivity contribution in [1.82, 2.24) is 19.7 Å². The molecule has 2 aromatic rings. The average Bonchev–Trinajstić information content (AvgIpc) is 2.86. The molecule has 2 N–H and O–H groups in total. The lowest BCUT2D eigenvalue weighted by atomic mass is 9.81. The number of nitriles is 1. The lowest BCUT2D eigenvalue weighted by Gasteiger charge is -2.30. The number of halogens is 3. The highest BCUT2D eigenvalue weighted by Gasteiger charge is 2.35. The lowest BCUT2D eigenvalue weighted by molar-refractivity contribution is -0.137. The van der Waals surface area contributed by atoms with Gasteiger partial charge in [-0.1, -0.05) is 0 Å². The van der Waals surface area contributed by atoms with Gasteiger partial charge in [0.25, 0.3) is 0 Å². The van der Waals surface area contributed by atoms with Crippen molar-refractivity contribution in [2.24, 2.45) is 5.92 Å². The summed E-state index contributed by atoms with van der Waals surface area (Å²) >= 11 is 0. The summed E-state index contributed by atoms with van der Waals surface area (Å²) in [6, 6.07) is 2.39. The fraction of sp³-hybridized carbons (Fsp3) is 0.500. The fourth-order valence-corrected chi connectivity index (χ4v) is 2.77. The van der Waals surface area contributed by atoms with Crippen molar-refractivity contribution in [2.45, 2.75) is 38.9 Å². The maximum Gasteiger partial charge on any atom is 0.421 e. The molecule has 0 spiro atoms. The molecule has 1 aliphatic carbocycles.